The van der Waals surface area contributed by atoms with Crippen LogP contribution in [0.5, 0.6) is 0 Å². The summed E-state index contributed by atoms with van der Waals surface area (Å²) in [4.78, 5) is 12.1. The highest BCUT2D eigenvalue weighted by molar-refractivity contribution is 7.13. The number of aliphatic hydroxyl groups excluding tert-OH is 2. The number of rotatable bonds is 11. The molecule has 0 aliphatic heterocycles. The zero-order chi connectivity index (χ0) is 23.2. The van der Waals surface area contributed by atoms with Crippen LogP contribution >= 0.6 is 22.9 Å². The minimum absolute atomic E-state index is 0.148. The van der Waals surface area contributed by atoms with Gasteiger partial charge in [0.05, 0.1) is 18.1 Å². The fraction of sp³-hybridized carbons (Fsp3) is 0.682. The number of aliphatic hydroxyl groups is 2. The fourth-order valence-electron chi connectivity index (χ4n) is 4.23. The van der Waals surface area contributed by atoms with E-state index >= 15 is 0 Å². The van der Waals surface area contributed by atoms with Crippen LogP contribution in [0.3, 0.4) is 0 Å². The van der Waals surface area contributed by atoms with E-state index in [-0.39, 0.29) is 17.2 Å². The number of halogens is 4. The van der Waals surface area contributed by atoms with Crippen molar-refractivity contribution in [2.45, 2.75) is 75.6 Å². The Morgan fingerprint density at radius 3 is 2.58 bits per heavy atom. The Balaban J connectivity index is 2.00. The Bertz CT molecular complexity index is 735. The Hall–Kier alpha value is -1.09. The van der Waals surface area contributed by atoms with E-state index in [0.717, 1.165) is 4.88 Å². The number of aryl methyl sites for hydroxylation is 1. The SMILES string of the molecule is C[C@@H](O)CCC[C@H](O)/C=C/[C@@H]1[C@@H](CCCc2ccc(C(=O)O)s2)[C@H](Cl)C[C@H]1C(F)(F)F. The summed E-state index contributed by atoms with van der Waals surface area (Å²) in [6.45, 7) is 1.65. The van der Waals surface area contributed by atoms with E-state index in [1.807, 2.05) is 0 Å². The largest absolute Gasteiger partial charge is 0.477 e. The lowest BCUT2D eigenvalue weighted by molar-refractivity contribution is -0.181. The Morgan fingerprint density at radius 2 is 2.00 bits per heavy atom. The molecule has 1 aliphatic rings. The molecule has 1 fully saturated rings. The summed E-state index contributed by atoms with van der Waals surface area (Å²) in [5.41, 5.74) is 0. The lowest BCUT2D eigenvalue weighted by Crippen LogP contribution is -2.28. The number of carbonyl (C=O) groups is 1. The summed E-state index contributed by atoms with van der Waals surface area (Å²) in [6, 6.07) is 3.27. The van der Waals surface area contributed by atoms with E-state index in [1.54, 1.807) is 13.0 Å². The molecule has 1 aromatic heterocycles. The van der Waals surface area contributed by atoms with Gasteiger partial charge in [-0.1, -0.05) is 12.2 Å². The molecule has 0 spiro atoms. The van der Waals surface area contributed by atoms with Crippen molar-refractivity contribution in [2.75, 3.05) is 0 Å². The number of allylic oxidation sites excluding steroid dienone is 1. The van der Waals surface area contributed by atoms with Gasteiger partial charge in [0.15, 0.2) is 0 Å². The van der Waals surface area contributed by atoms with Crippen molar-refractivity contribution in [2.24, 2.45) is 17.8 Å². The first kappa shape index (κ1) is 26.2. The van der Waals surface area contributed by atoms with E-state index in [1.165, 1.54) is 29.6 Å². The Morgan fingerprint density at radius 1 is 1.29 bits per heavy atom. The molecule has 1 heterocycles. The smallest absolute Gasteiger partial charge is 0.392 e. The second-order valence-corrected chi connectivity index (χ2v) is 10.1. The van der Waals surface area contributed by atoms with Crippen LogP contribution in [0.15, 0.2) is 24.3 Å². The fourth-order valence-corrected chi connectivity index (χ4v) is 5.60. The van der Waals surface area contributed by atoms with E-state index < -0.39 is 41.6 Å². The molecule has 9 heteroatoms. The number of carboxylic acids is 1. The quantitative estimate of drug-likeness (QED) is 0.281. The molecule has 3 N–H and O–H groups in total. The van der Waals surface area contributed by atoms with Gasteiger partial charge < -0.3 is 15.3 Å². The third-order valence-corrected chi connectivity index (χ3v) is 7.47. The Kier molecular flexibility index (Phi) is 9.86. The molecule has 1 aromatic rings. The lowest BCUT2D eigenvalue weighted by atomic mass is 9.85. The van der Waals surface area contributed by atoms with Crippen LogP contribution in [0.2, 0.25) is 0 Å². The molecule has 2 rings (SSSR count). The second kappa shape index (κ2) is 11.7. The normalized spacial score (nSPS) is 26.4. The summed E-state index contributed by atoms with van der Waals surface area (Å²) in [6.07, 6.45) is 0.251. The van der Waals surface area contributed by atoms with Crippen LogP contribution < -0.4 is 0 Å². The van der Waals surface area contributed by atoms with E-state index in [0.29, 0.717) is 38.5 Å². The molecule has 176 valence electrons. The number of thiophene rings is 1. The number of hydrogen-bond donors (Lipinski definition) is 3. The number of hydrogen-bond acceptors (Lipinski definition) is 4. The van der Waals surface area contributed by atoms with Gasteiger partial charge in [-0.25, -0.2) is 4.79 Å². The summed E-state index contributed by atoms with van der Waals surface area (Å²) >= 11 is 7.51. The highest BCUT2D eigenvalue weighted by Gasteiger charge is 2.53. The first-order valence-electron chi connectivity index (χ1n) is 10.6. The van der Waals surface area contributed by atoms with Crippen LogP contribution in [0.4, 0.5) is 13.2 Å². The van der Waals surface area contributed by atoms with Crippen LogP contribution in [-0.4, -0.2) is 45.1 Å². The van der Waals surface area contributed by atoms with Crippen molar-refractivity contribution < 1.29 is 33.3 Å². The predicted molar refractivity (Wildman–Crippen MR) is 116 cm³/mol. The maximum atomic E-state index is 13.6. The Labute approximate surface area is 189 Å². The van der Waals surface area contributed by atoms with E-state index in [4.69, 9.17) is 16.7 Å². The van der Waals surface area contributed by atoms with Gasteiger partial charge in [0, 0.05) is 10.3 Å². The molecule has 1 saturated carbocycles. The first-order chi connectivity index (χ1) is 14.5. The third kappa shape index (κ3) is 8.08. The van der Waals surface area contributed by atoms with Gasteiger partial charge in [0.2, 0.25) is 0 Å². The van der Waals surface area contributed by atoms with Crippen molar-refractivity contribution in [1.29, 1.82) is 0 Å². The van der Waals surface area contributed by atoms with Gasteiger partial charge in [0.1, 0.15) is 4.88 Å². The highest BCUT2D eigenvalue weighted by atomic mass is 35.5. The van der Waals surface area contributed by atoms with Gasteiger partial charge in [-0.2, -0.15) is 13.2 Å². The van der Waals surface area contributed by atoms with Crippen molar-refractivity contribution in [3.63, 3.8) is 0 Å². The minimum atomic E-state index is -4.36. The van der Waals surface area contributed by atoms with Crippen LogP contribution in [0.25, 0.3) is 0 Å². The average Bonchev–Trinajstić information content (AvgIpc) is 3.25. The van der Waals surface area contributed by atoms with Gasteiger partial charge in [-0.05, 0) is 75.8 Å². The van der Waals surface area contributed by atoms with Gasteiger partial charge in [-0.3, -0.25) is 0 Å². The number of alkyl halides is 4. The van der Waals surface area contributed by atoms with Gasteiger partial charge in [-0.15, -0.1) is 22.9 Å². The number of aromatic carboxylic acids is 1. The molecular formula is C22H30ClF3O4S. The molecule has 1 aliphatic carbocycles. The van der Waals surface area contributed by atoms with Gasteiger partial charge in [0.25, 0.3) is 0 Å². The van der Waals surface area contributed by atoms with Crippen molar-refractivity contribution in [1.82, 2.24) is 0 Å². The summed E-state index contributed by atoms with van der Waals surface area (Å²) in [5, 5.41) is 27.8. The van der Waals surface area contributed by atoms with Crippen LogP contribution in [-0.2, 0) is 6.42 Å². The number of carboxylic acid groups (broad SMARTS) is 1. The minimum Gasteiger partial charge on any atom is -0.477 e. The second-order valence-electron chi connectivity index (χ2n) is 8.34. The molecule has 0 amide bonds. The standard InChI is InChI=1S/C22H30ClF3O4S/c1-13(27)4-2-5-14(28)8-10-16-17(19(23)12-18(16)22(24,25)26)7-3-6-15-9-11-20(31-15)21(29)30/h8-11,13-14,16-19,27-28H,2-7,12H2,1H3,(H,29,30)/b10-8+/t13-,14+,16-,17-,18-,19-/m1/s1. The van der Waals surface area contributed by atoms with Crippen molar-refractivity contribution in [3.8, 4) is 0 Å². The average molecular weight is 483 g/mol. The molecule has 31 heavy (non-hydrogen) atoms. The monoisotopic (exact) mass is 482 g/mol. The maximum Gasteiger partial charge on any atom is 0.392 e. The molecule has 0 aromatic carbocycles. The molecule has 0 saturated heterocycles. The molecule has 6 atom stereocenters. The molecule has 0 radical (unpaired) electrons. The zero-order valence-corrected chi connectivity index (χ0v) is 19.0. The molecule has 0 bridgehead atoms. The maximum absolute atomic E-state index is 13.6. The van der Waals surface area contributed by atoms with E-state index in [9.17, 15) is 28.2 Å². The molecular weight excluding hydrogens is 453 g/mol. The first-order valence-corrected chi connectivity index (χ1v) is 11.8. The van der Waals surface area contributed by atoms with Crippen molar-refractivity contribution in [3.05, 3.63) is 34.0 Å². The van der Waals surface area contributed by atoms with Crippen LogP contribution in [0, 0.1) is 17.8 Å². The highest BCUT2D eigenvalue weighted by Crippen LogP contribution is 2.50. The summed E-state index contributed by atoms with van der Waals surface area (Å²) < 4.78 is 40.8. The lowest BCUT2D eigenvalue weighted by Gasteiger charge is -2.24. The molecule has 0 unspecified atom stereocenters. The third-order valence-electron chi connectivity index (χ3n) is 5.83. The van der Waals surface area contributed by atoms with Gasteiger partial charge >= 0.3 is 12.1 Å². The zero-order valence-electron chi connectivity index (χ0n) is 17.4. The molecule has 4 nitrogen and oxygen atoms in total. The summed E-state index contributed by atoms with van der Waals surface area (Å²) in [7, 11) is 0. The summed E-state index contributed by atoms with van der Waals surface area (Å²) in [5.74, 6) is -3.70. The predicted octanol–water partition coefficient (Wildman–Crippen LogP) is 5.66. The van der Waals surface area contributed by atoms with Crippen molar-refractivity contribution >= 4 is 28.9 Å². The topological polar surface area (TPSA) is 77.8 Å². The van der Waals surface area contributed by atoms with Crippen LogP contribution in [0.1, 0.15) is 60.0 Å². The van der Waals surface area contributed by atoms with E-state index in [2.05, 4.69) is 0 Å².